The van der Waals surface area contributed by atoms with Gasteiger partial charge in [0.15, 0.2) is 12.2 Å². The van der Waals surface area contributed by atoms with E-state index in [2.05, 4.69) is 27.7 Å². The minimum absolute atomic E-state index is 0.106. The Morgan fingerprint density at radius 3 is 0.670 bits per heavy atom. The Morgan fingerprint density at radius 1 is 0.273 bits per heavy atom. The highest BCUT2D eigenvalue weighted by Gasteiger charge is 2.30. The van der Waals surface area contributed by atoms with E-state index in [1.54, 1.807) is 0 Å². The van der Waals surface area contributed by atoms with Crippen LogP contribution in [0.2, 0.25) is 0 Å². The fraction of sp³-hybridized carbons (Fsp3) is 0.942. The minimum Gasteiger partial charge on any atom is -0.462 e. The molecule has 0 spiro atoms. The molecule has 0 heterocycles. The number of phosphoric acid groups is 2. The summed E-state index contributed by atoms with van der Waals surface area (Å²) in [6.45, 7) is 4.90. The van der Waals surface area contributed by atoms with E-state index < -0.39 is 97.5 Å². The lowest BCUT2D eigenvalue weighted by atomic mass is 10.0. The molecule has 0 amide bonds. The SMILES string of the molecule is CCCCCCCCCCCCCCCCCCC(=O)O[C@H](COC(=O)CCCCCCCCCCCCCCCCC)COP(=O)(O)OC[C@@H](O)COP(=O)(O)OC[C@@H](COC(=O)CCCCCCCCCC)OC(=O)CCCCCCCCCCC. The number of aliphatic hydroxyl groups is 1. The van der Waals surface area contributed by atoms with E-state index in [-0.39, 0.29) is 25.7 Å². The van der Waals surface area contributed by atoms with Gasteiger partial charge in [0.25, 0.3) is 0 Å². The first-order valence-electron chi connectivity index (χ1n) is 36.3. The second-order valence-electron chi connectivity index (χ2n) is 24.9. The van der Waals surface area contributed by atoms with Crippen molar-refractivity contribution in [2.45, 2.75) is 380 Å². The van der Waals surface area contributed by atoms with Gasteiger partial charge in [0.2, 0.25) is 0 Å². The standard InChI is InChI=1S/C69H134O17P2/c1-5-9-13-17-21-25-27-29-31-33-35-37-40-44-48-52-56-69(74)86-65(60-80-67(72)54-50-46-42-39-36-34-32-30-28-26-22-18-14-10-6-2)62-84-88(77,78)82-58-63(70)57-81-87(75,76)83-61-64(59-79-66(71)53-49-45-41-24-20-16-12-8-4)85-68(73)55-51-47-43-38-23-19-15-11-7-3/h63-65,70H,5-62H2,1-4H3,(H,75,76)(H,77,78)/t63-,64+,65+/m0/s1. The van der Waals surface area contributed by atoms with Crippen LogP contribution in [0.3, 0.4) is 0 Å². The summed E-state index contributed by atoms with van der Waals surface area (Å²) in [4.78, 5) is 72.4. The lowest BCUT2D eigenvalue weighted by Crippen LogP contribution is -2.30. The smallest absolute Gasteiger partial charge is 0.462 e. The van der Waals surface area contributed by atoms with Gasteiger partial charge in [0, 0.05) is 25.7 Å². The minimum atomic E-state index is -4.95. The fourth-order valence-electron chi connectivity index (χ4n) is 10.5. The van der Waals surface area contributed by atoms with Crippen LogP contribution in [-0.4, -0.2) is 96.7 Å². The molecule has 0 aliphatic rings. The molecular formula is C69H134O17P2. The van der Waals surface area contributed by atoms with Crippen LogP contribution in [0.5, 0.6) is 0 Å². The van der Waals surface area contributed by atoms with E-state index in [4.69, 9.17) is 37.0 Å². The number of esters is 4. The number of aliphatic hydroxyl groups excluding tert-OH is 1. The number of ether oxygens (including phenoxy) is 4. The average molecular weight is 1300 g/mol. The number of rotatable bonds is 70. The molecule has 17 nitrogen and oxygen atoms in total. The zero-order valence-electron chi connectivity index (χ0n) is 56.7. The van der Waals surface area contributed by atoms with E-state index >= 15 is 0 Å². The van der Waals surface area contributed by atoms with Crippen molar-refractivity contribution in [3.63, 3.8) is 0 Å². The molecule has 0 rings (SSSR count). The number of carbonyl (C=O) groups excluding carboxylic acids is 4. The zero-order chi connectivity index (χ0) is 64.7. The van der Waals surface area contributed by atoms with Crippen LogP contribution in [0.15, 0.2) is 0 Å². The van der Waals surface area contributed by atoms with Crippen LogP contribution in [0.25, 0.3) is 0 Å². The van der Waals surface area contributed by atoms with E-state index in [0.717, 1.165) is 96.3 Å². The van der Waals surface area contributed by atoms with Gasteiger partial charge in [0.1, 0.15) is 19.3 Å². The molecule has 0 saturated heterocycles. The largest absolute Gasteiger partial charge is 0.472 e. The molecular weight excluding hydrogens is 1160 g/mol. The second-order valence-corrected chi connectivity index (χ2v) is 27.8. The molecule has 522 valence electrons. The van der Waals surface area contributed by atoms with Gasteiger partial charge in [-0.3, -0.25) is 37.3 Å². The fourth-order valence-corrected chi connectivity index (χ4v) is 12.1. The van der Waals surface area contributed by atoms with Gasteiger partial charge in [-0.25, -0.2) is 9.13 Å². The Balaban J connectivity index is 5.20. The summed E-state index contributed by atoms with van der Waals surface area (Å²) >= 11 is 0. The molecule has 0 aromatic rings. The van der Waals surface area contributed by atoms with E-state index in [1.165, 1.54) is 186 Å². The highest BCUT2D eigenvalue weighted by Crippen LogP contribution is 2.45. The molecule has 0 aliphatic carbocycles. The summed E-state index contributed by atoms with van der Waals surface area (Å²) in [6, 6.07) is 0. The van der Waals surface area contributed by atoms with Crippen LogP contribution in [-0.2, 0) is 65.4 Å². The maximum atomic E-state index is 13.0. The average Bonchev–Trinajstić information content (AvgIpc) is 3.58. The molecule has 0 saturated carbocycles. The first kappa shape index (κ1) is 86.1. The van der Waals surface area contributed by atoms with E-state index in [1.807, 2.05) is 0 Å². The molecule has 0 aliphatic heterocycles. The van der Waals surface area contributed by atoms with Crippen molar-refractivity contribution in [1.29, 1.82) is 0 Å². The lowest BCUT2D eigenvalue weighted by Gasteiger charge is -2.21. The summed E-state index contributed by atoms with van der Waals surface area (Å²) in [7, 11) is -9.89. The maximum Gasteiger partial charge on any atom is 0.472 e. The molecule has 0 aromatic carbocycles. The van der Waals surface area contributed by atoms with Crippen molar-refractivity contribution in [3.05, 3.63) is 0 Å². The third-order valence-corrected chi connectivity index (χ3v) is 18.0. The zero-order valence-corrected chi connectivity index (χ0v) is 58.5. The molecule has 2 unspecified atom stereocenters. The predicted octanol–water partition coefficient (Wildman–Crippen LogP) is 19.9. The van der Waals surface area contributed by atoms with Gasteiger partial charge in [0.05, 0.1) is 26.4 Å². The van der Waals surface area contributed by atoms with Crippen LogP contribution < -0.4 is 0 Å². The van der Waals surface area contributed by atoms with E-state index in [0.29, 0.717) is 25.7 Å². The molecule has 0 aromatic heterocycles. The number of hydrogen-bond donors (Lipinski definition) is 3. The maximum absolute atomic E-state index is 13.0. The molecule has 5 atom stereocenters. The summed E-state index contributed by atoms with van der Waals surface area (Å²) in [5.41, 5.74) is 0. The first-order chi connectivity index (χ1) is 42.7. The van der Waals surface area contributed by atoms with Crippen molar-refractivity contribution in [3.8, 4) is 0 Å². The van der Waals surface area contributed by atoms with Crippen molar-refractivity contribution >= 4 is 39.5 Å². The quantitative estimate of drug-likeness (QED) is 0.0222. The Kier molecular flexibility index (Phi) is 62.4. The summed E-state index contributed by atoms with van der Waals surface area (Å²) in [5.74, 6) is -2.12. The Morgan fingerprint density at radius 2 is 0.455 bits per heavy atom. The van der Waals surface area contributed by atoms with Gasteiger partial charge in [-0.05, 0) is 25.7 Å². The van der Waals surface area contributed by atoms with E-state index in [9.17, 15) is 43.2 Å². The second kappa shape index (κ2) is 63.8. The number of hydrogen-bond acceptors (Lipinski definition) is 15. The summed E-state index contributed by atoms with van der Waals surface area (Å²) in [6.07, 6.45) is 51.3. The molecule has 3 N–H and O–H groups in total. The molecule has 88 heavy (non-hydrogen) atoms. The van der Waals surface area contributed by atoms with Gasteiger partial charge in [-0.1, -0.05) is 310 Å². The number of phosphoric ester groups is 2. The molecule has 0 radical (unpaired) electrons. The Bertz CT molecular complexity index is 1690. The molecule has 19 heteroatoms. The van der Waals surface area contributed by atoms with Crippen molar-refractivity contribution in [2.75, 3.05) is 39.6 Å². The first-order valence-corrected chi connectivity index (χ1v) is 39.3. The van der Waals surface area contributed by atoms with Crippen molar-refractivity contribution in [1.82, 2.24) is 0 Å². The Labute approximate surface area is 537 Å². The van der Waals surface area contributed by atoms with Gasteiger partial charge in [-0.15, -0.1) is 0 Å². The number of carbonyl (C=O) groups is 4. The van der Waals surface area contributed by atoms with Crippen LogP contribution in [0.1, 0.15) is 362 Å². The van der Waals surface area contributed by atoms with Crippen LogP contribution in [0, 0.1) is 0 Å². The normalized spacial score (nSPS) is 14.0. The predicted molar refractivity (Wildman–Crippen MR) is 354 cm³/mol. The van der Waals surface area contributed by atoms with Gasteiger partial charge < -0.3 is 33.8 Å². The lowest BCUT2D eigenvalue weighted by molar-refractivity contribution is -0.161. The Hall–Kier alpha value is -1.94. The summed E-state index contributed by atoms with van der Waals surface area (Å²) in [5, 5.41) is 10.6. The van der Waals surface area contributed by atoms with Crippen molar-refractivity contribution in [2.24, 2.45) is 0 Å². The van der Waals surface area contributed by atoms with Gasteiger partial charge in [-0.2, -0.15) is 0 Å². The monoisotopic (exact) mass is 1300 g/mol. The number of unbranched alkanes of at least 4 members (excludes halogenated alkanes) is 44. The highest BCUT2D eigenvalue weighted by molar-refractivity contribution is 7.47. The topological polar surface area (TPSA) is 237 Å². The highest BCUT2D eigenvalue weighted by atomic mass is 31.2. The molecule has 0 fully saturated rings. The van der Waals surface area contributed by atoms with Crippen LogP contribution in [0.4, 0.5) is 0 Å². The molecule has 0 bridgehead atoms. The summed E-state index contributed by atoms with van der Waals surface area (Å²) < 4.78 is 68.1. The van der Waals surface area contributed by atoms with Crippen molar-refractivity contribution < 1.29 is 80.2 Å². The third kappa shape index (κ3) is 62.8. The van der Waals surface area contributed by atoms with Gasteiger partial charge >= 0.3 is 39.5 Å². The van der Waals surface area contributed by atoms with Crippen LogP contribution >= 0.6 is 15.6 Å². The third-order valence-electron chi connectivity index (χ3n) is 16.1.